The molecule has 0 heterocycles. The van der Waals surface area contributed by atoms with Gasteiger partial charge in [-0.05, 0) is 36.8 Å². The molecule has 0 N–H and O–H groups in total. The molecule has 0 saturated heterocycles. The highest BCUT2D eigenvalue weighted by molar-refractivity contribution is 6.11. The molecule has 2 aromatic rings. The van der Waals surface area contributed by atoms with E-state index < -0.39 is 5.92 Å². The van der Waals surface area contributed by atoms with E-state index in [1.165, 1.54) is 6.92 Å². The van der Waals surface area contributed by atoms with Crippen LogP contribution in [0.15, 0.2) is 67.3 Å². The average molecular weight is 308 g/mol. The zero-order chi connectivity index (χ0) is 16.8. The van der Waals surface area contributed by atoms with Crippen LogP contribution < -0.4 is 4.74 Å². The maximum atomic E-state index is 12.9. The SMILES string of the molecule is C=CC(c1ccccc1)C(C(C)=O)C(=O)c1ccc(OC)cc1. The normalized spacial score (nSPS) is 13.0. The van der Waals surface area contributed by atoms with Crippen LogP contribution in [0, 0.1) is 5.92 Å². The standard InChI is InChI=1S/C20H20O3/c1-4-18(15-8-6-5-7-9-15)19(14(2)21)20(22)16-10-12-17(23-3)13-11-16/h4-13,18-19H,1H2,2-3H3. The van der Waals surface area contributed by atoms with E-state index in [9.17, 15) is 9.59 Å². The molecule has 0 fully saturated rings. The van der Waals surface area contributed by atoms with Crippen molar-refractivity contribution in [3.05, 3.63) is 78.4 Å². The Morgan fingerprint density at radius 1 is 1.04 bits per heavy atom. The first-order valence-electron chi connectivity index (χ1n) is 7.44. The second-order valence-electron chi connectivity index (χ2n) is 5.35. The predicted molar refractivity (Wildman–Crippen MR) is 90.9 cm³/mol. The van der Waals surface area contributed by atoms with Crippen LogP contribution in [0.4, 0.5) is 0 Å². The van der Waals surface area contributed by atoms with Crippen molar-refractivity contribution in [2.24, 2.45) is 5.92 Å². The van der Waals surface area contributed by atoms with Crippen LogP contribution in [0.2, 0.25) is 0 Å². The van der Waals surface area contributed by atoms with E-state index in [1.54, 1.807) is 37.5 Å². The molecular formula is C20H20O3. The lowest BCUT2D eigenvalue weighted by Crippen LogP contribution is -2.28. The fourth-order valence-corrected chi connectivity index (χ4v) is 2.68. The smallest absolute Gasteiger partial charge is 0.174 e. The zero-order valence-corrected chi connectivity index (χ0v) is 13.4. The summed E-state index contributed by atoms with van der Waals surface area (Å²) in [7, 11) is 1.57. The number of ether oxygens (including phenoxy) is 1. The van der Waals surface area contributed by atoms with Crippen LogP contribution in [-0.2, 0) is 4.79 Å². The molecule has 118 valence electrons. The molecule has 0 spiro atoms. The van der Waals surface area contributed by atoms with Crippen LogP contribution in [0.5, 0.6) is 5.75 Å². The number of rotatable bonds is 7. The molecule has 23 heavy (non-hydrogen) atoms. The summed E-state index contributed by atoms with van der Waals surface area (Å²) in [5.41, 5.74) is 1.40. The van der Waals surface area contributed by atoms with E-state index >= 15 is 0 Å². The Bertz CT molecular complexity index is 687. The lowest BCUT2D eigenvalue weighted by atomic mass is 9.79. The van der Waals surface area contributed by atoms with Gasteiger partial charge in [0, 0.05) is 11.5 Å². The van der Waals surface area contributed by atoms with Gasteiger partial charge in [-0.2, -0.15) is 0 Å². The Balaban J connectivity index is 2.38. The Labute approximate surface area is 136 Å². The van der Waals surface area contributed by atoms with Crippen LogP contribution in [0.3, 0.4) is 0 Å². The Hall–Kier alpha value is -2.68. The summed E-state index contributed by atoms with van der Waals surface area (Å²) >= 11 is 0. The first-order chi connectivity index (χ1) is 11.1. The zero-order valence-electron chi connectivity index (χ0n) is 13.4. The third-order valence-electron chi connectivity index (χ3n) is 3.89. The van der Waals surface area contributed by atoms with Crippen molar-refractivity contribution in [1.82, 2.24) is 0 Å². The summed E-state index contributed by atoms with van der Waals surface area (Å²) in [6.45, 7) is 5.27. The maximum absolute atomic E-state index is 12.9. The largest absolute Gasteiger partial charge is 0.497 e. The summed E-state index contributed by atoms with van der Waals surface area (Å²) in [5, 5.41) is 0. The van der Waals surface area contributed by atoms with Gasteiger partial charge in [0.25, 0.3) is 0 Å². The number of allylic oxidation sites excluding steroid dienone is 1. The van der Waals surface area contributed by atoms with Gasteiger partial charge in [0.2, 0.25) is 0 Å². The fraction of sp³-hybridized carbons (Fsp3) is 0.200. The minimum atomic E-state index is -0.775. The molecule has 2 aromatic carbocycles. The molecule has 2 rings (SSSR count). The minimum absolute atomic E-state index is 0.167. The number of Topliss-reactive ketones (excluding diaryl/α,β-unsaturated/α-hetero) is 2. The molecular weight excluding hydrogens is 288 g/mol. The Morgan fingerprint density at radius 2 is 1.65 bits per heavy atom. The molecule has 0 radical (unpaired) electrons. The Morgan fingerprint density at radius 3 is 2.13 bits per heavy atom. The van der Waals surface area contributed by atoms with Gasteiger partial charge in [-0.1, -0.05) is 36.4 Å². The number of hydrogen-bond donors (Lipinski definition) is 0. The van der Waals surface area contributed by atoms with Crippen molar-refractivity contribution >= 4 is 11.6 Å². The van der Waals surface area contributed by atoms with E-state index in [4.69, 9.17) is 4.74 Å². The highest BCUT2D eigenvalue weighted by Gasteiger charge is 2.32. The molecule has 0 aliphatic carbocycles. The quantitative estimate of drug-likeness (QED) is 0.440. The van der Waals surface area contributed by atoms with Crippen molar-refractivity contribution in [1.29, 1.82) is 0 Å². The molecule has 3 nitrogen and oxygen atoms in total. The second kappa shape index (κ2) is 7.54. The number of ketones is 2. The van der Waals surface area contributed by atoms with Gasteiger partial charge in [-0.25, -0.2) is 0 Å². The van der Waals surface area contributed by atoms with Crippen molar-refractivity contribution in [2.75, 3.05) is 7.11 Å². The maximum Gasteiger partial charge on any atom is 0.174 e. The van der Waals surface area contributed by atoms with E-state index in [0.717, 1.165) is 5.56 Å². The summed E-state index contributed by atoms with van der Waals surface area (Å²) in [6.07, 6.45) is 1.67. The molecule has 3 heteroatoms. The van der Waals surface area contributed by atoms with Crippen LogP contribution in [0.25, 0.3) is 0 Å². The van der Waals surface area contributed by atoms with Gasteiger partial charge in [-0.15, -0.1) is 6.58 Å². The molecule has 0 saturated carbocycles. The third-order valence-corrected chi connectivity index (χ3v) is 3.89. The summed E-state index contributed by atoms with van der Waals surface area (Å²) in [4.78, 5) is 25.0. The van der Waals surface area contributed by atoms with Gasteiger partial charge < -0.3 is 4.74 Å². The lowest BCUT2D eigenvalue weighted by Gasteiger charge is -2.22. The van der Waals surface area contributed by atoms with E-state index in [2.05, 4.69) is 6.58 Å². The molecule has 0 aliphatic heterocycles. The van der Waals surface area contributed by atoms with Crippen molar-refractivity contribution < 1.29 is 14.3 Å². The minimum Gasteiger partial charge on any atom is -0.497 e. The van der Waals surface area contributed by atoms with Crippen molar-refractivity contribution in [3.8, 4) is 5.75 Å². The molecule has 0 aromatic heterocycles. The molecule has 0 bridgehead atoms. The van der Waals surface area contributed by atoms with Crippen molar-refractivity contribution in [2.45, 2.75) is 12.8 Å². The average Bonchev–Trinajstić information content (AvgIpc) is 2.59. The highest BCUT2D eigenvalue weighted by Crippen LogP contribution is 2.30. The van der Waals surface area contributed by atoms with Gasteiger partial charge in [-0.3, -0.25) is 9.59 Å². The van der Waals surface area contributed by atoms with Gasteiger partial charge in [0.05, 0.1) is 13.0 Å². The highest BCUT2D eigenvalue weighted by atomic mass is 16.5. The molecule has 2 unspecified atom stereocenters. The van der Waals surface area contributed by atoms with Gasteiger partial charge in [0.15, 0.2) is 5.78 Å². The third kappa shape index (κ3) is 3.75. The summed E-state index contributed by atoms with van der Waals surface area (Å²) < 4.78 is 5.10. The van der Waals surface area contributed by atoms with E-state index in [-0.39, 0.29) is 17.5 Å². The first kappa shape index (κ1) is 16.7. The summed E-state index contributed by atoms with van der Waals surface area (Å²) in [6, 6.07) is 16.3. The van der Waals surface area contributed by atoms with Gasteiger partial charge in [0.1, 0.15) is 11.5 Å². The van der Waals surface area contributed by atoms with E-state index in [0.29, 0.717) is 11.3 Å². The van der Waals surface area contributed by atoms with Crippen LogP contribution >= 0.6 is 0 Å². The Kier molecular flexibility index (Phi) is 5.47. The van der Waals surface area contributed by atoms with Crippen molar-refractivity contribution in [3.63, 3.8) is 0 Å². The topological polar surface area (TPSA) is 43.4 Å². The predicted octanol–water partition coefficient (Wildman–Crippen LogP) is 4.05. The number of carbonyl (C=O) groups excluding carboxylic acids is 2. The number of benzene rings is 2. The first-order valence-corrected chi connectivity index (χ1v) is 7.44. The van der Waals surface area contributed by atoms with E-state index in [1.807, 2.05) is 30.3 Å². The molecule has 2 atom stereocenters. The number of hydrogen-bond acceptors (Lipinski definition) is 3. The molecule has 0 amide bonds. The second-order valence-corrected chi connectivity index (χ2v) is 5.35. The summed E-state index contributed by atoms with van der Waals surface area (Å²) in [5.74, 6) is -0.815. The monoisotopic (exact) mass is 308 g/mol. The fourth-order valence-electron chi connectivity index (χ4n) is 2.68. The lowest BCUT2D eigenvalue weighted by molar-refractivity contribution is -0.119. The molecule has 0 aliphatic rings. The number of carbonyl (C=O) groups is 2. The van der Waals surface area contributed by atoms with Crippen LogP contribution in [-0.4, -0.2) is 18.7 Å². The van der Waals surface area contributed by atoms with Crippen LogP contribution in [0.1, 0.15) is 28.8 Å². The number of methoxy groups -OCH3 is 1. The van der Waals surface area contributed by atoms with Gasteiger partial charge >= 0.3 is 0 Å².